The molecule has 6 nitrogen and oxygen atoms in total. The third kappa shape index (κ3) is 3.41. The first kappa shape index (κ1) is 26.0. The Labute approximate surface area is 244 Å². The molecule has 2 heterocycles. The van der Waals surface area contributed by atoms with Gasteiger partial charge in [-0.3, -0.25) is 14.4 Å². The Morgan fingerprint density at radius 2 is 1.48 bits per heavy atom. The monoisotopic (exact) mass is 555 g/mol. The molecule has 1 saturated heterocycles. The second kappa shape index (κ2) is 9.55. The summed E-state index contributed by atoms with van der Waals surface area (Å²) in [5.74, 6) is -0.598. The van der Waals surface area contributed by atoms with Crippen LogP contribution in [-0.4, -0.2) is 43.7 Å². The van der Waals surface area contributed by atoms with E-state index in [1.54, 1.807) is 56.7 Å². The second-order valence-electron chi connectivity index (χ2n) is 11.1. The number of carbonyl (C=O) groups excluding carboxylic acids is 3. The minimum atomic E-state index is -1.61. The van der Waals surface area contributed by atoms with Gasteiger partial charge in [-0.15, -0.1) is 0 Å². The van der Waals surface area contributed by atoms with Crippen molar-refractivity contribution >= 4 is 29.1 Å². The molecule has 0 unspecified atom stereocenters. The van der Waals surface area contributed by atoms with Crippen LogP contribution in [0.4, 0.5) is 5.69 Å². The number of para-hydroxylation sites is 1. The SMILES string of the molecule is COc1ccc(OC)c([C@H]2[C@H](C(=O)c3ccc(C)cc3)N3c4ccccc4C=C[C@H]3C23C(=O)c2ccccc2C3=O)c1. The lowest BCUT2D eigenvalue weighted by Crippen LogP contribution is -2.48. The Kier molecular flexibility index (Phi) is 5.91. The molecule has 0 N–H and O–H groups in total. The quantitative estimate of drug-likeness (QED) is 0.212. The second-order valence-corrected chi connectivity index (χ2v) is 11.1. The highest BCUT2D eigenvalue weighted by molar-refractivity contribution is 6.32. The first-order chi connectivity index (χ1) is 20.4. The summed E-state index contributed by atoms with van der Waals surface area (Å²) in [6.07, 6.45) is 3.88. The summed E-state index contributed by atoms with van der Waals surface area (Å²) in [6.45, 7) is 1.97. The van der Waals surface area contributed by atoms with Gasteiger partial charge < -0.3 is 14.4 Å². The topological polar surface area (TPSA) is 72.9 Å². The molecule has 2 aliphatic heterocycles. The number of fused-ring (bicyclic) bond motifs is 5. The van der Waals surface area contributed by atoms with Crippen LogP contribution in [0.25, 0.3) is 6.08 Å². The first-order valence-electron chi connectivity index (χ1n) is 14.0. The highest BCUT2D eigenvalue weighted by Gasteiger charge is 2.72. The van der Waals surface area contributed by atoms with E-state index in [0.717, 1.165) is 16.8 Å². The lowest BCUT2D eigenvalue weighted by atomic mass is 9.64. The molecule has 42 heavy (non-hydrogen) atoms. The van der Waals surface area contributed by atoms with Gasteiger partial charge in [0.2, 0.25) is 0 Å². The third-order valence-corrected chi connectivity index (χ3v) is 9.09. The maximum absolute atomic E-state index is 14.8. The minimum Gasteiger partial charge on any atom is -0.497 e. The largest absolute Gasteiger partial charge is 0.497 e. The lowest BCUT2D eigenvalue weighted by molar-refractivity contribution is 0.0664. The normalized spacial score (nSPS) is 21.2. The molecule has 0 radical (unpaired) electrons. The van der Waals surface area contributed by atoms with Crippen LogP contribution in [0.1, 0.15) is 53.7 Å². The standard InChI is InChI=1S/C36H29NO5/c1-21-12-14-23(15-13-21)33(38)32-31(27-20-24(41-2)17-18-29(27)42-3)36(34(39)25-9-5-6-10-26(25)35(36)40)30-19-16-22-8-4-7-11-28(22)37(30)32/h4-20,30-32H,1-3H3/t30-,31-,32+/m0/s1. The zero-order valence-electron chi connectivity index (χ0n) is 23.5. The molecule has 7 rings (SSSR count). The molecule has 3 atom stereocenters. The van der Waals surface area contributed by atoms with Crippen molar-refractivity contribution in [3.63, 3.8) is 0 Å². The molecule has 1 aliphatic carbocycles. The highest BCUT2D eigenvalue weighted by atomic mass is 16.5. The number of ketones is 3. The van der Waals surface area contributed by atoms with Gasteiger partial charge in [-0.25, -0.2) is 0 Å². The van der Waals surface area contributed by atoms with Gasteiger partial charge in [0, 0.05) is 33.9 Å². The summed E-state index contributed by atoms with van der Waals surface area (Å²) in [6, 6.07) is 26.0. The number of hydrogen-bond donors (Lipinski definition) is 0. The van der Waals surface area contributed by atoms with Gasteiger partial charge in [-0.2, -0.15) is 0 Å². The van der Waals surface area contributed by atoms with Crippen molar-refractivity contribution in [3.8, 4) is 11.5 Å². The maximum atomic E-state index is 14.8. The van der Waals surface area contributed by atoms with Crippen molar-refractivity contribution in [2.24, 2.45) is 5.41 Å². The molecule has 0 bridgehead atoms. The Balaban J connectivity index is 1.58. The third-order valence-electron chi connectivity index (χ3n) is 9.09. The number of methoxy groups -OCH3 is 2. The predicted molar refractivity (Wildman–Crippen MR) is 161 cm³/mol. The van der Waals surface area contributed by atoms with E-state index in [2.05, 4.69) is 0 Å². The average molecular weight is 556 g/mol. The molecule has 0 saturated carbocycles. The van der Waals surface area contributed by atoms with E-state index in [0.29, 0.717) is 33.8 Å². The molecule has 208 valence electrons. The van der Waals surface area contributed by atoms with Crippen LogP contribution in [0, 0.1) is 12.3 Å². The lowest BCUT2D eigenvalue weighted by Gasteiger charge is -2.37. The van der Waals surface area contributed by atoms with Crippen molar-refractivity contribution in [1.82, 2.24) is 0 Å². The van der Waals surface area contributed by atoms with Crippen LogP contribution in [-0.2, 0) is 0 Å². The van der Waals surface area contributed by atoms with Gasteiger partial charge in [-0.05, 0) is 36.8 Å². The van der Waals surface area contributed by atoms with E-state index in [9.17, 15) is 14.4 Å². The fourth-order valence-electron chi connectivity index (χ4n) is 7.23. The summed E-state index contributed by atoms with van der Waals surface area (Å²) >= 11 is 0. The summed E-state index contributed by atoms with van der Waals surface area (Å²) in [7, 11) is 3.12. The molecular formula is C36H29NO5. The van der Waals surface area contributed by atoms with Crippen LogP contribution < -0.4 is 14.4 Å². The van der Waals surface area contributed by atoms with Crippen molar-refractivity contribution in [2.75, 3.05) is 19.1 Å². The van der Waals surface area contributed by atoms with Crippen molar-refractivity contribution < 1.29 is 23.9 Å². The number of ether oxygens (including phenoxy) is 2. The molecule has 1 fully saturated rings. The number of Topliss-reactive ketones (excluding diaryl/α,β-unsaturated/α-hetero) is 3. The van der Waals surface area contributed by atoms with Gasteiger partial charge in [0.1, 0.15) is 23.0 Å². The number of carbonyl (C=O) groups is 3. The molecule has 4 aromatic rings. The van der Waals surface area contributed by atoms with Gasteiger partial charge in [-0.1, -0.05) is 84.4 Å². The molecular weight excluding hydrogens is 526 g/mol. The van der Waals surface area contributed by atoms with Crippen LogP contribution in [0.3, 0.4) is 0 Å². The predicted octanol–water partition coefficient (Wildman–Crippen LogP) is 6.33. The highest BCUT2D eigenvalue weighted by Crippen LogP contribution is 2.62. The maximum Gasteiger partial charge on any atom is 0.185 e. The summed E-state index contributed by atoms with van der Waals surface area (Å²) in [5, 5.41) is 0. The molecule has 1 spiro atoms. The van der Waals surface area contributed by atoms with Crippen LogP contribution >= 0.6 is 0 Å². The van der Waals surface area contributed by atoms with E-state index >= 15 is 0 Å². The Bertz CT molecular complexity index is 1770. The first-order valence-corrected chi connectivity index (χ1v) is 14.0. The summed E-state index contributed by atoms with van der Waals surface area (Å²) < 4.78 is 11.5. The number of anilines is 1. The molecule has 6 heteroatoms. The zero-order valence-corrected chi connectivity index (χ0v) is 23.5. The van der Waals surface area contributed by atoms with Crippen LogP contribution in [0.2, 0.25) is 0 Å². The van der Waals surface area contributed by atoms with Crippen molar-refractivity contribution in [3.05, 3.63) is 130 Å². The Hall–Kier alpha value is -4.97. The smallest absolute Gasteiger partial charge is 0.185 e. The number of rotatable bonds is 5. The van der Waals surface area contributed by atoms with Gasteiger partial charge in [0.05, 0.1) is 20.3 Å². The van der Waals surface area contributed by atoms with E-state index < -0.39 is 23.4 Å². The van der Waals surface area contributed by atoms with E-state index in [1.165, 1.54) is 0 Å². The van der Waals surface area contributed by atoms with Crippen molar-refractivity contribution in [1.29, 1.82) is 0 Å². The minimum absolute atomic E-state index is 0.173. The fraction of sp³-hybridized carbons (Fsp3) is 0.194. The van der Waals surface area contributed by atoms with E-state index in [-0.39, 0.29) is 17.3 Å². The Morgan fingerprint density at radius 3 is 2.14 bits per heavy atom. The average Bonchev–Trinajstić information content (AvgIpc) is 3.46. The van der Waals surface area contributed by atoms with Crippen LogP contribution in [0.5, 0.6) is 11.5 Å². The summed E-state index contributed by atoms with van der Waals surface area (Å²) in [5.41, 5.74) is 2.98. The van der Waals surface area contributed by atoms with Crippen molar-refractivity contribution in [2.45, 2.75) is 24.9 Å². The Morgan fingerprint density at radius 1 is 0.810 bits per heavy atom. The van der Waals surface area contributed by atoms with E-state index in [4.69, 9.17) is 9.47 Å². The zero-order chi connectivity index (χ0) is 29.2. The summed E-state index contributed by atoms with van der Waals surface area (Å²) in [4.78, 5) is 46.5. The van der Waals surface area contributed by atoms with Gasteiger partial charge in [0.15, 0.2) is 17.3 Å². The molecule has 0 aromatic heterocycles. The number of benzene rings is 4. The van der Waals surface area contributed by atoms with Gasteiger partial charge >= 0.3 is 0 Å². The van der Waals surface area contributed by atoms with Gasteiger partial charge in [0.25, 0.3) is 0 Å². The number of hydrogen-bond acceptors (Lipinski definition) is 6. The van der Waals surface area contributed by atoms with E-state index in [1.807, 2.05) is 72.5 Å². The van der Waals surface area contributed by atoms with Crippen LogP contribution in [0.15, 0.2) is 97.1 Å². The number of nitrogens with zero attached hydrogens (tertiary/aromatic N) is 1. The molecule has 3 aliphatic rings. The fourth-order valence-corrected chi connectivity index (χ4v) is 7.23. The number of aryl methyl sites for hydroxylation is 1. The molecule has 4 aromatic carbocycles. The molecule has 0 amide bonds.